The summed E-state index contributed by atoms with van der Waals surface area (Å²) >= 11 is 1.25. The highest BCUT2D eigenvalue weighted by atomic mass is 32.1. The molecule has 2 heterocycles. The summed E-state index contributed by atoms with van der Waals surface area (Å²) in [5, 5.41) is 12.6. The summed E-state index contributed by atoms with van der Waals surface area (Å²) in [6.45, 7) is 0.0905. The standard InChI is InChI=1S/C15H12N4O4S/c1-22-14(20)11-4-2-10(3-5-11)8-23-15(21)13-12(6-7-24-13)19-9-16-17-18-19/h2-7,9H,8H2,1H3. The van der Waals surface area contributed by atoms with Gasteiger partial charge in [-0.2, -0.15) is 4.68 Å². The number of hydrogen-bond acceptors (Lipinski definition) is 8. The average Bonchev–Trinajstić information content (AvgIpc) is 3.30. The molecule has 0 aliphatic carbocycles. The minimum Gasteiger partial charge on any atom is -0.465 e. The van der Waals surface area contributed by atoms with Crippen molar-refractivity contribution in [1.82, 2.24) is 20.2 Å². The van der Waals surface area contributed by atoms with Crippen molar-refractivity contribution in [2.75, 3.05) is 7.11 Å². The topological polar surface area (TPSA) is 96.2 Å². The lowest BCUT2D eigenvalue weighted by atomic mass is 10.1. The van der Waals surface area contributed by atoms with Crippen LogP contribution in [-0.2, 0) is 16.1 Å². The van der Waals surface area contributed by atoms with Crippen LogP contribution in [0.1, 0.15) is 25.6 Å². The molecule has 0 saturated carbocycles. The van der Waals surface area contributed by atoms with E-state index in [1.165, 1.54) is 29.5 Å². The molecule has 0 atom stereocenters. The first-order valence-electron chi connectivity index (χ1n) is 6.84. The number of rotatable bonds is 5. The maximum absolute atomic E-state index is 12.2. The number of thiophene rings is 1. The fourth-order valence-corrected chi connectivity index (χ4v) is 2.75. The first-order chi connectivity index (χ1) is 11.7. The summed E-state index contributed by atoms with van der Waals surface area (Å²) in [6.07, 6.45) is 1.41. The van der Waals surface area contributed by atoms with Gasteiger partial charge in [-0.05, 0) is 39.6 Å². The van der Waals surface area contributed by atoms with Crippen LogP contribution in [0.25, 0.3) is 5.69 Å². The fourth-order valence-electron chi connectivity index (χ4n) is 1.98. The van der Waals surface area contributed by atoms with Crippen molar-refractivity contribution < 1.29 is 19.1 Å². The molecule has 0 bridgehead atoms. The van der Waals surface area contributed by atoms with Crippen molar-refractivity contribution in [3.63, 3.8) is 0 Å². The Bertz CT molecular complexity index is 843. The molecule has 0 N–H and O–H groups in total. The Labute approximate surface area is 140 Å². The summed E-state index contributed by atoms with van der Waals surface area (Å²) < 4.78 is 11.3. The van der Waals surface area contributed by atoms with E-state index in [4.69, 9.17) is 4.74 Å². The SMILES string of the molecule is COC(=O)c1ccc(COC(=O)c2sccc2-n2cnnn2)cc1. The Morgan fingerprint density at radius 3 is 2.62 bits per heavy atom. The highest BCUT2D eigenvalue weighted by Gasteiger charge is 2.17. The summed E-state index contributed by atoms with van der Waals surface area (Å²) in [5.41, 5.74) is 1.76. The number of benzene rings is 1. The van der Waals surface area contributed by atoms with Gasteiger partial charge in [-0.25, -0.2) is 9.59 Å². The van der Waals surface area contributed by atoms with Crippen molar-refractivity contribution in [2.45, 2.75) is 6.61 Å². The smallest absolute Gasteiger partial charge is 0.350 e. The van der Waals surface area contributed by atoms with Crippen LogP contribution in [-0.4, -0.2) is 39.3 Å². The van der Waals surface area contributed by atoms with Crippen LogP contribution in [0.3, 0.4) is 0 Å². The van der Waals surface area contributed by atoms with E-state index in [0.29, 0.717) is 16.1 Å². The number of esters is 2. The van der Waals surface area contributed by atoms with Crippen LogP contribution in [0.4, 0.5) is 0 Å². The van der Waals surface area contributed by atoms with Crippen LogP contribution in [0.15, 0.2) is 42.0 Å². The quantitative estimate of drug-likeness (QED) is 0.652. The van der Waals surface area contributed by atoms with Gasteiger partial charge in [0.25, 0.3) is 0 Å². The number of nitrogens with zero attached hydrogens (tertiary/aromatic N) is 4. The van der Waals surface area contributed by atoms with E-state index < -0.39 is 11.9 Å². The molecule has 3 aromatic rings. The van der Waals surface area contributed by atoms with Gasteiger partial charge in [0.1, 0.15) is 17.8 Å². The zero-order chi connectivity index (χ0) is 16.9. The Hall–Kier alpha value is -3.07. The highest BCUT2D eigenvalue weighted by molar-refractivity contribution is 7.12. The van der Waals surface area contributed by atoms with E-state index in [-0.39, 0.29) is 6.61 Å². The van der Waals surface area contributed by atoms with E-state index in [0.717, 1.165) is 5.56 Å². The molecule has 0 radical (unpaired) electrons. The minimum atomic E-state index is -0.465. The first-order valence-corrected chi connectivity index (χ1v) is 7.72. The molecule has 0 fully saturated rings. The summed E-state index contributed by atoms with van der Waals surface area (Å²) in [4.78, 5) is 24.0. The van der Waals surface area contributed by atoms with Gasteiger partial charge in [0.15, 0.2) is 0 Å². The molecule has 1 aromatic carbocycles. The van der Waals surface area contributed by atoms with Crippen molar-refractivity contribution >= 4 is 23.3 Å². The van der Waals surface area contributed by atoms with E-state index in [2.05, 4.69) is 20.3 Å². The number of ether oxygens (including phenoxy) is 2. The Morgan fingerprint density at radius 1 is 1.17 bits per heavy atom. The molecule has 9 heteroatoms. The number of carbonyl (C=O) groups is 2. The van der Waals surface area contributed by atoms with Gasteiger partial charge in [-0.1, -0.05) is 12.1 Å². The van der Waals surface area contributed by atoms with E-state index in [1.54, 1.807) is 35.7 Å². The highest BCUT2D eigenvalue weighted by Crippen LogP contribution is 2.21. The van der Waals surface area contributed by atoms with Gasteiger partial charge in [-0.3, -0.25) is 0 Å². The van der Waals surface area contributed by atoms with Crippen LogP contribution in [0, 0.1) is 0 Å². The molecular weight excluding hydrogens is 332 g/mol. The number of hydrogen-bond donors (Lipinski definition) is 0. The lowest BCUT2D eigenvalue weighted by Gasteiger charge is -2.06. The molecule has 122 valence electrons. The Morgan fingerprint density at radius 2 is 1.96 bits per heavy atom. The molecule has 2 aromatic heterocycles. The predicted molar refractivity (Wildman–Crippen MR) is 83.9 cm³/mol. The predicted octanol–water partition coefficient (Wildman–Crippen LogP) is 1.87. The van der Waals surface area contributed by atoms with E-state index in [1.807, 2.05) is 0 Å². The van der Waals surface area contributed by atoms with Crippen LogP contribution < -0.4 is 0 Å². The third-order valence-electron chi connectivity index (χ3n) is 3.17. The zero-order valence-corrected chi connectivity index (χ0v) is 13.4. The molecule has 24 heavy (non-hydrogen) atoms. The van der Waals surface area contributed by atoms with Gasteiger partial charge in [0.05, 0.1) is 18.4 Å². The van der Waals surface area contributed by atoms with Gasteiger partial charge in [0, 0.05) is 0 Å². The Balaban J connectivity index is 1.66. The second kappa shape index (κ2) is 7.01. The van der Waals surface area contributed by atoms with Gasteiger partial charge >= 0.3 is 11.9 Å². The molecular formula is C15H12N4O4S. The normalized spacial score (nSPS) is 10.4. The Kier molecular flexibility index (Phi) is 4.62. The van der Waals surface area contributed by atoms with Gasteiger partial charge < -0.3 is 9.47 Å². The van der Waals surface area contributed by atoms with Crippen molar-refractivity contribution in [1.29, 1.82) is 0 Å². The van der Waals surface area contributed by atoms with E-state index in [9.17, 15) is 9.59 Å². The molecule has 0 amide bonds. The summed E-state index contributed by atoms with van der Waals surface area (Å²) in [6, 6.07) is 8.38. The molecule has 0 aliphatic heterocycles. The zero-order valence-electron chi connectivity index (χ0n) is 12.6. The van der Waals surface area contributed by atoms with Crippen molar-refractivity contribution in [2.24, 2.45) is 0 Å². The summed E-state index contributed by atoms with van der Waals surface area (Å²) in [7, 11) is 1.32. The molecule has 8 nitrogen and oxygen atoms in total. The molecule has 0 unspecified atom stereocenters. The second-order valence-electron chi connectivity index (χ2n) is 4.65. The lowest BCUT2D eigenvalue weighted by molar-refractivity contribution is 0.0477. The summed E-state index contributed by atoms with van der Waals surface area (Å²) in [5.74, 6) is -0.879. The molecule has 3 rings (SSSR count). The molecule has 0 saturated heterocycles. The number of aromatic nitrogens is 4. The van der Waals surface area contributed by atoms with Crippen LogP contribution in [0.2, 0.25) is 0 Å². The van der Waals surface area contributed by atoms with Crippen molar-refractivity contribution in [3.05, 3.63) is 58.0 Å². The monoisotopic (exact) mass is 344 g/mol. The second-order valence-corrected chi connectivity index (χ2v) is 5.57. The lowest BCUT2D eigenvalue weighted by Crippen LogP contribution is -2.08. The number of tetrazole rings is 1. The average molecular weight is 344 g/mol. The van der Waals surface area contributed by atoms with Crippen LogP contribution in [0.5, 0.6) is 0 Å². The molecule has 0 spiro atoms. The van der Waals surface area contributed by atoms with Gasteiger partial charge in [-0.15, -0.1) is 16.4 Å². The number of carbonyl (C=O) groups excluding carboxylic acids is 2. The fraction of sp³-hybridized carbons (Fsp3) is 0.133. The first kappa shape index (κ1) is 15.8. The number of methoxy groups -OCH3 is 1. The van der Waals surface area contributed by atoms with E-state index >= 15 is 0 Å². The third kappa shape index (κ3) is 3.30. The third-order valence-corrected chi connectivity index (χ3v) is 4.05. The maximum atomic E-state index is 12.2. The van der Waals surface area contributed by atoms with Crippen molar-refractivity contribution in [3.8, 4) is 5.69 Å². The maximum Gasteiger partial charge on any atom is 0.350 e. The van der Waals surface area contributed by atoms with Crippen LogP contribution >= 0.6 is 11.3 Å². The molecule has 0 aliphatic rings. The van der Waals surface area contributed by atoms with Gasteiger partial charge in [0.2, 0.25) is 0 Å². The minimum absolute atomic E-state index is 0.0905. The largest absolute Gasteiger partial charge is 0.465 e.